The van der Waals surface area contributed by atoms with Gasteiger partial charge in [0.15, 0.2) is 0 Å². The van der Waals surface area contributed by atoms with E-state index in [1.807, 2.05) is 13.8 Å². The van der Waals surface area contributed by atoms with Crippen LogP contribution in [0.4, 0.5) is 0 Å². The third-order valence-corrected chi connectivity index (χ3v) is 2.75. The standard InChI is InChI=1S/C16H24O/c1-4-7-14-9-11-15(12-10-14)8-5-6-13-16(2,3)17/h5,8-12,17H,4,6-7,13H2,1-3H3/b8-5+. The van der Waals surface area contributed by atoms with Crippen LogP contribution in [0.5, 0.6) is 0 Å². The summed E-state index contributed by atoms with van der Waals surface area (Å²) in [6.45, 7) is 5.89. The van der Waals surface area contributed by atoms with Gasteiger partial charge in [-0.15, -0.1) is 0 Å². The first-order valence-corrected chi connectivity index (χ1v) is 6.49. The molecule has 1 nitrogen and oxygen atoms in total. The SMILES string of the molecule is CCCc1ccc(/C=C/CCC(C)(C)O)cc1. The molecule has 0 saturated carbocycles. The van der Waals surface area contributed by atoms with E-state index in [4.69, 9.17) is 0 Å². The topological polar surface area (TPSA) is 20.2 Å². The molecule has 0 amide bonds. The van der Waals surface area contributed by atoms with Crippen molar-refractivity contribution in [3.05, 3.63) is 41.5 Å². The highest BCUT2D eigenvalue weighted by Crippen LogP contribution is 2.12. The Balaban J connectivity index is 2.43. The van der Waals surface area contributed by atoms with Crippen molar-refractivity contribution in [3.63, 3.8) is 0 Å². The van der Waals surface area contributed by atoms with Crippen LogP contribution in [0.3, 0.4) is 0 Å². The first-order valence-electron chi connectivity index (χ1n) is 6.49. The summed E-state index contributed by atoms with van der Waals surface area (Å²) in [4.78, 5) is 0. The number of aliphatic hydroxyl groups is 1. The zero-order valence-electron chi connectivity index (χ0n) is 11.2. The van der Waals surface area contributed by atoms with E-state index in [0.29, 0.717) is 0 Å². The van der Waals surface area contributed by atoms with Crippen LogP contribution in [0.15, 0.2) is 30.3 Å². The normalized spacial score (nSPS) is 12.2. The maximum atomic E-state index is 9.58. The van der Waals surface area contributed by atoms with Gasteiger partial charge in [0.05, 0.1) is 5.60 Å². The Morgan fingerprint density at radius 3 is 2.35 bits per heavy atom. The number of hydrogen-bond donors (Lipinski definition) is 1. The number of allylic oxidation sites excluding steroid dienone is 1. The van der Waals surface area contributed by atoms with Gasteiger partial charge < -0.3 is 5.11 Å². The molecule has 0 aromatic heterocycles. The van der Waals surface area contributed by atoms with Crippen molar-refractivity contribution in [1.82, 2.24) is 0 Å². The first kappa shape index (κ1) is 14.0. The Labute approximate surface area is 105 Å². The van der Waals surface area contributed by atoms with Crippen LogP contribution in [0.2, 0.25) is 0 Å². The average Bonchev–Trinajstić information content (AvgIpc) is 2.26. The Bertz CT molecular complexity index is 341. The molecule has 0 aliphatic rings. The van der Waals surface area contributed by atoms with Gasteiger partial charge in [0.1, 0.15) is 0 Å². The van der Waals surface area contributed by atoms with Gasteiger partial charge in [-0.3, -0.25) is 0 Å². The van der Waals surface area contributed by atoms with E-state index in [-0.39, 0.29) is 0 Å². The lowest BCUT2D eigenvalue weighted by Gasteiger charge is -2.14. The van der Waals surface area contributed by atoms with Crippen molar-refractivity contribution in [1.29, 1.82) is 0 Å². The third-order valence-electron chi connectivity index (χ3n) is 2.75. The highest BCUT2D eigenvalue weighted by molar-refractivity contribution is 5.49. The Hall–Kier alpha value is -1.08. The Morgan fingerprint density at radius 1 is 1.18 bits per heavy atom. The number of aryl methyl sites for hydroxylation is 1. The van der Waals surface area contributed by atoms with Crippen LogP contribution in [-0.4, -0.2) is 10.7 Å². The molecular weight excluding hydrogens is 208 g/mol. The van der Waals surface area contributed by atoms with Gasteiger partial charge in [0, 0.05) is 0 Å². The first-order chi connectivity index (χ1) is 8.01. The molecule has 0 radical (unpaired) electrons. The third kappa shape index (κ3) is 6.28. The molecule has 0 spiro atoms. The summed E-state index contributed by atoms with van der Waals surface area (Å²) < 4.78 is 0. The van der Waals surface area contributed by atoms with Gasteiger partial charge in [-0.25, -0.2) is 0 Å². The average molecular weight is 232 g/mol. The van der Waals surface area contributed by atoms with E-state index in [1.54, 1.807) is 0 Å². The zero-order valence-corrected chi connectivity index (χ0v) is 11.2. The fraction of sp³-hybridized carbons (Fsp3) is 0.500. The Kier molecular flexibility index (Phi) is 5.43. The monoisotopic (exact) mass is 232 g/mol. The second-order valence-electron chi connectivity index (χ2n) is 5.25. The van der Waals surface area contributed by atoms with E-state index < -0.39 is 5.60 Å². The van der Waals surface area contributed by atoms with Gasteiger partial charge in [-0.2, -0.15) is 0 Å². The van der Waals surface area contributed by atoms with Crippen LogP contribution in [0.1, 0.15) is 51.2 Å². The highest BCUT2D eigenvalue weighted by Gasteiger charge is 2.09. The van der Waals surface area contributed by atoms with Crippen molar-refractivity contribution in [2.45, 2.75) is 52.1 Å². The molecular formula is C16H24O. The summed E-state index contributed by atoms with van der Waals surface area (Å²) in [5, 5.41) is 9.58. The van der Waals surface area contributed by atoms with Crippen LogP contribution < -0.4 is 0 Å². The molecule has 17 heavy (non-hydrogen) atoms. The van der Waals surface area contributed by atoms with Gasteiger partial charge in [-0.05, 0) is 44.2 Å². The van der Waals surface area contributed by atoms with E-state index in [9.17, 15) is 5.11 Å². The molecule has 0 aliphatic carbocycles. The molecule has 1 aromatic carbocycles. The number of hydrogen-bond acceptors (Lipinski definition) is 1. The molecule has 1 aromatic rings. The molecule has 0 atom stereocenters. The lowest BCUT2D eigenvalue weighted by Crippen LogP contribution is -2.17. The van der Waals surface area contributed by atoms with Crippen molar-refractivity contribution in [3.8, 4) is 0 Å². The van der Waals surface area contributed by atoms with Gasteiger partial charge in [-0.1, -0.05) is 49.8 Å². The Morgan fingerprint density at radius 2 is 1.82 bits per heavy atom. The summed E-state index contributed by atoms with van der Waals surface area (Å²) in [6, 6.07) is 8.70. The molecule has 0 fully saturated rings. The van der Waals surface area contributed by atoms with E-state index >= 15 is 0 Å². The van der Waals surface area contributed by atoms with E-state index in [0.717, 1.165) is 19.3 Å². The van der Waals surface area contributed by atoms with Crippen LogP contribution in [-0.2, 0) is 6.42 Å². The van der Waals surface area contributed by atoms with Crippen molar-refractivity contribution in [2.24, 2.45) is 0 Å². The van der Waals surface area contributed by atoms with Crippen LogP contribution in [0, 0.1) is 0 Å². The van der Waals surface area contributed by atoms with Gasteiger partial charge in [0.2, 0.25) is 0 Å². The molecule has 1 rings (SSSR count). The van der Waals surface area contributed by atoms with Crippen LogP contribution in [0.25, 0.3) is 6.08 Å². The van der Waals surface area contributed by atoms with E-state index in [2.05, 4.69) is 43.3 Å². The fourth-order valence-corrected chi connectivity index (χ4v) is 1.74. The molecule has 0 unspecified atom stereocenters. The highest BCUT2D eigenvalue weighted by atomic mass is 16.3. The smallest absolute Gasteiger partial charge is 0.0594 e. The minimum Gasteiger partial charge on any atom is -0.390 e. The predicted octanol–water partition coefficient (Wildman–Crippen LogP) is 4.20. The van der Waals surface area contributed by atoms with Crippen molar-refractivity contribution >= 4 is 6.08 Å². The molecule has 0 heterocycles. The molecule has 1 heteroatoms. The second kappa shape index (κ2) is 6.61. The molecule has 0 bridgehead atoms. The van der Waals surface area contributed by atoms with Gasteiger partial charge >= 0.3 is 0 Å². The summed E-state index contributed by atoms with van der Waals surface area (Å²) in [5.41, 5.74) is 2.08. The molecule has 94 valence electrons. The van der Waals surface area contributed by atoms with Crippen molar-refractivity contribution < 1.29 is 5.11 Å². The number of rotatable bonds is 6. The summed E-state index contributed by atoms with van der Waals surface area (Å²) in [7, 11) is 0. The van der Waals surface area contributed by atoms with Crippen molar-refractivity contribution in [2.75, 3.05) is 0 Å². The van der Waals surface area contributed by atoms with E-state index in [1.165, 1.54) is 17.5 Å². The summed E-state index contributed by atoms with van der Waals surface area (Å²) >= 11 is 0. The fourth-order valence-electron chi connectivity index (χ4n) is 1.74. The zero-order chi connectivity index (χ0) is 12.7. The quantitative estimate of drug-likeness (QED) is 0.779. The minimum absolute atomic E-state index is 0.560. The molecule has 0 aliphatic heterocycles. The van der Waals surface area contributed by atoms with Crippen LogP contribution >= 0.6 is 0 Å². The largest absolute Gasteiger partial charge is 0.390 e. The number of benzene rings is 1. The maximum absolute atomic E-state index is 9.58. The lowest BCUT2D eigenvalue weighted by molar-refractivity contribution is 0.0722. The lowest BCUT2D eigenvalue weighted by atomic mass is 10.0. The second-order valence-corrected chi connectivity index (χ2v) is 5.25. The molecule has 0 saturated heterocycles. The minimum atomic E-state index is -0.560. The maximum Gasteiger partial charge on any atom is 0.0594 e. The predicted molar refractivity (Wildman–Crippen MR) is 75.0 cm³/mol. The van der Waals surface area contributed by atoms with Gasteiger partial charge in [0.25, 0.3) is 0 Å². The summed E-state index contributed by atoms with van der Waals surface area (Å²) in [6.07, 6.45) is 8.33. The molecule has 1 N–H and O–H groups in total. The summed E-state index contributed by atoms with van der Waals surface area (Å²) in [5.74, 6) is 0.